The Bertz CT molecular complexity index is 879. The van der Waals surface area contributed by atoms with E-state index in [4.69, 9.17) is 23.2 Å². The van der Waals surface area contributed by atoms with Crippen molar-refractivity contribution in [2.24, 2.45) is 5.92 Å². The summed E-state index contributed by atoms with van der Waals surface area (Å²) in [7, 11) is 0. The first kappa shape index (κ1) is 18.8. The number of thioether (sulfide) groups is 1. The van der Waals surface area contributed by atoms with Gasteiger partial charge in [-0.1, -0.05) is 35.3 Å². The molecule has 8 heteroatoms. The number of hydrogen-bond acceptors (Lipinski definition) is 3. The predicted molar refractivity (Wildman–Crippen MR) is 108 cm³/mol. The number of H-pyrrole nitrogens is 1. The van der Waals surface area contributed by atoms with Crippen LogP contribution < -0.4 is 0 Å². The summed E-state index contributed by atoms with van der Waals surface area (Å²) in [6.45, 7) is 0.759. The lowest BCUT2D eigenvalue weighted by molar-refractivity contribution is -0.136. The number of aromatic amines is 1. The fraction of sp³-hybridized carbons (Fsp3) is 0.368. The van der Waals surface area contributed by atoms with Gasteiger partial charge in [-0.25, -0.2) is 4.39 Å². The molecule has 0 spiro atoms. The molecule has 1 aromatic heterocycles. The van der Waals surface area contributed by atoms with Gasteiger partial charge < -0.3 is 4.90 Å². The van der Waals surface area contributed by atoms with E-state index in [1.54, 1.807) is 41.1 Å². The van der Waals surface area contributed by atoms with Gasteiger partial charge in [-0.15, -0.1) is 11.8 Å². The Kier molecular flexibility index (Phi) is 5.23. The number of alkyl halides is 1. The first-order chi connectivity index (χ1) is 13.0. The van der Waals surface area contributed by atoms with E-state index in [2.05, 4.69) is 10.2 Å². The van der Waals surface area contributed by atoms with E-state index in [-0.39, 0.29) is 24.7 Å². The molecule has 27 heavy (non-hydrogen) atoms. The number of rotatable bonds is 3. The minimum Gasteiger partial charge on any atom is -0.342 e. The van der Waals surface area contributed by atoms with E-state index >= 15 is 4.39 Å². The number of nitrogens with zero attached hydrogens (tertiary/aromatic N) is 2. The Balaban J connectivity index is 1.42. The maximum Gasteiger partial charge on any atom is 0.230 e. The summed E-state index contributed by atoms with van der Waals surface area (Å²) in [5, 5.41) is 7.56. The van der Waals surface area contributed by atoms with Crippen molar-refractivity contribution in [3.63, 3.8) is 0 Å². The van der Waals surface area contributed by atoms with E-state index in [1.807, 2.05) is 12.3 Å². The third kappa shape index (κ3) is 3.75. The Hall–Kier alpha value is -1.50. The van der Waals surface area contributed by atoms with Gasteiger partial charge in [0.15, 0.2) is 0 Å². The topological polar surface area (TPSA) is 49.0 Å². The number of halogens is 3. The van der Waals surface area contributed by atoms with Crippen LogP contribution in [0.4, 0.5) is 4.39 Å². The molecule has 0 saturated carbocycles. The van der Waals surface area contributed by atoms with Crippen LogP contribution >= 0.6 is 35.0 Å². The fourth-order valence-corrected chi connectivity index (χ4v) is 5.32. The molecule has 2 aromatic rings. The number of amides is 1. The van der Waals surface area contributed by atoms with E-state index in [0.29, 0.717) is 34.5 Å². The zero-order valence-electron chi connectivity index (χ0n) is 14.4. The fourth-order valence-electron chi connectivity index (χ4n) is 3.60. The van der Waals surface area contributed by atoms with Gasteiger partial charge >= 0.3 is 0 Å². The zero-order chi connectivity index (χ0) is 19.0. The summed E-state index contributed by atoms with van der Waals surface area (Å²) < 4.78 is 15.5. The molecule has 0 bridgehead atoms. The first-order valence-corrected chi connectivity index (χ1v) is 10.5. The summed E-state index contributed by atoms with van der Waals surface area (Å²) >= 11 is 13.8. The van der Waals surface area contributed by atoms with Crippen LogP contribution in [0.25, 0.3) is 4.91 Å². The predicted octanol–water partition coefficient (Wildman–Crippen LogP) is 4.91. The van der Waals surface area contributed by atoms with Gasteiger partial charge in [0.2, 0.25) is 5.91 Å². The standard InChI is InChI=1S/C19H18Cl2FN3OS/c20-14-1-2-15(16(21)8-14)19(22)3-5-25(6-4-19)18(26)12-7-17(27-11-12)13-9-23-24-10-13/h1-2,7-10,12H,3-6,11H2,(H,23,24). The maximum absolute atomic E-state index is 15.5. The lowest BCUT2D eigenvalue weighted by atomic mass is 9.85. The molecule has 2 aliphatic heterocycles. The van der Waals surface area contributed by atoms with Crippen molar-refractivity contribution in [1.29, 1.82) is 0 Å². The minimum atomic E-state index is -1.53. The molecule has 3 heterocycles. The summed E-state index contributed by atoms with van der Waals surface area (Å²) in [6, 6.07) is 4.87. The number of hydrogen-bond donors (Lipinski definition) is 1. The van der Waals surface area contributed by atoms with E-state index in [9.17, 15) is 4.79 Å². The van der Waals surface area contributed by atoms with Crippen molar-refractivity contribution >= 4 is 45.8 Å². The van der Waals surface area contributed by atoms with Crippen LogP contribution in [0.2, 0.25) is 10.0 Å². The molecule has 142 valence electrons. The summed E-state index contributed by atoms with van der Waals surface area (Å²) in [5.74, 6) is 0.593. The molecular formula is C19H18Cl2FN3OS. The Morgan fingerprint density at radius 2 is 2.11 bits per heavy atom. The number of aromatic nitrogens is 2. The van der Waals surface area contributed by atoms with E-state index in [0.717, 1.165) is 10.5 Å². The minimum absolute atomic E-state index is 0.0604. The van der Waals surface area contributed by atoms with Crippen molar-refractivity contribution < 1.29 is 9.18 Å². The molecular weight excluding hydrogens is 408 g/mol. The Labute approximate surface area is 171 Å². The molecule has 1 amide bonds. The van der Waals surface area contributed by atoms with E-state index < -0.39 is 5.67 Å². The molecule has 4 rings (SSSR count). The lowest BCUT2D eigenvalue weighted by Gasteiger charge is -2.38. The second-order valence-corrected chi connectivity index (χ2v) is 8.76. The molecule has 1 unspecified atom stereocenters. The van der Waals surface area contributed by atoms with Crippen LogP contribution in [-0.4, -0.2) is 39.8 Å². The van der Waals surface area contributed by atoms with Gasteiger partial charge in [-0.05, 0) is 12.1 Å². The zero-order valence-corrected chi connectivity index (χ0v) is 16.8. The SMILES string of the molecule is O=C(C1C=C(c2cn[nH]c2)SC1)N1CCC(F)(c2ccc(Cl)cc2Cl)CC1. The highest BCUT2D eigenvalue weighted by Gasteiger charge is 2.40. The van der Waals surface area contributed by atoms with Crippen molar-refractivity contribution in [3.05, 3.63) is 57.8 Å². The van der Waals surface area contributed by atoms with Gasteiger partial charge in [0.25, 0.3) is 0 Å². The average molecular weight is 426 g/mol. The van der Waals surface area contributed by atoms with Gasteiger partial charge in [-0.3, -0.25) is 9.89 Å². The largest absolute Gasteiger partial charge is 0.342 e. The second kappa shape index (κ2) is 7.49. The Morgan fingerprint density at radius 3 is 2.78 bits per heavy atom. The molecule has 0 radical (unpaired) electrons. The highest BCUT2D eigenvalue weighted by Crippen LogP contribution is 2.42. The van der Waals surface area contributed by atoms with Gasteiger partial charge in [0.1, 0.15) is 5.67 Å². The second-order valence-electron chi connectivity index (χ2n) is 6.85. The number of benzene rings is 1. The number of piperidine rings is 1. The number of carbonyl (C=O) groups excluding carboxylic acids is 1. The molecule has 1 fully saturated rings. The Morgan fingerprint density at radius 1 is 1.33 bits per heavy atom. The van der Waals surface area contributed by atoms with Crippen LogP contribution in [0.3, 0.4) is 0 Å². The van der Waals surface area contributed by atoms with Crippen molar-refractivity contribution in [2.45, 2.75) is 18.5 Å². The summed E-state index contributed by atoms with van der Waals surface area (Å²) in [5.41, 5.74) is -0.0750. The summed E-state index contributed by atoms with van der Waals surface area (Å²) in [6.07, 6.45) is 6.03. The van der Waals surface area contributed by atoms with Crippen molar-refractivity contribution in [2.75, 3.05) is 18.8 Å². The molecule has 1 aromatic carbocycles. The van der Waals surface area contributed by atoms with Crippen molar-refractivity contribution in [3.8, 4) is 0 Å². The van der Waals surface area contributed by atoms with Crippen molar-refractivity contribution in [1.82, 2.24) is 15.1 Å². The van der Waals surface area contributed by atoms with Crippen LogP contribution in [0.5, 0.6) is 0 Å². The maximum atomic E-state index is 15.5. The number of nitrogens with one attached hydrogen (secondary N) is 1. The summed E-state index contributed by atoms with van der Waals surface area (Å²) in [4.78, 5) is 15.7. The molecule has 0 aliphatic carbocycles. The monoisotopic (exact) mass is 425 g/mol. The third-order valence-corrected chi connectivity index (χ3v) is 6.91. The van der Waals surface area contributed by atoms with Gasteiger partial charge in [0.05, 0.1) is 12.1 Å². The van der Waals surface area contributed by atoms with E-state index in [1.165, 1.54) is 0 Å². The molecule has 4 nitrogen and oxygen atoms in total. The smallest absolute Gasteiger partial charge is 0.230 e. The van der Waals surface area contributed by atoms with Crippen LogP contribution in [0, 0.1) is 5.92 Å². The van der Waals surface area contributed by atoms with Crippen LogP contribution in [-0.2, 0) is 10.5 Å². The lowest BCUT2D eigenvalue weighted by Crippen LogP contribution is -2.45. The number of likely N-dealkylation sites (tertiary alicyclic amines) is 1. The first-order valence-electron chi connectivity index (χ1n) is 8.73. The van der Waals surface area contributed by atoms with Gasteiger partial charge in [-0.2, -0.15) is 5.10 Å². The highest BCUT2D eigenvalue weighted by atomic mass is 35.5. The van der Waals surface area contributed by atoms with Crippen LogP contribution in [0.1, 0.15) is 24.0 Å². The quantitative estimate of drug-likeness (QED) is 0.759. The normalized spacial score (nSPS) is 22.0. The average Bonchev–Trinajstić information content (AvgIpc) is 3.33. The molecule has 1 atom stereocenters. The molecule has 2 aliphatic rings. The molecule has 1 saturated heterocycles. The van der Waals surface area contributed by atoms with Crippen LogP contribution in [0.15, 0.2) is 36.7 Å². The third-order valence-electron chi connectivity index (χ3n) is 5.15. The molecule has 1 N–H and O–H groups in total. The highest BCUT2D eigenvalue weighted by molar-refractivity contribution is 8.08. The number of carbonyl (C=O) groups is 1. The van der Waals surface area contributed by atoms with Gasteiger partial charge in [0, 0.05) is 64.0 Å².